The van der Waals surface area contributed by atoms with Gasteiger partial charge >= 0.3 is 12.2 Å². The van der Waals surface area contributed by atoms with Crippen LogP contribution in [0.15, 0.2) is 72.8 Å². The summed E-state index contributed by atoms with van der Waals surface area (Å²) in [6.07, 6.45) is -3.24. The lowest BCUT2D eigenvalue weighted by Crippen LogP contribution is -2.30. The number of benzene rings is 3. The van der Waals surface area contributed by atoms with E-state index in [0.717, 1.165) is 18.4 Å². The zero-order valence-electron chi connectivity index (χ0n) is 19.7. The van der Waals surface area contributed by atoms with Gasteiger partial charge in [-0.1, -0.05) is 35.9 Å². The summed E-state index contributed by atoms with van der Waals surface area (Å²) >= 11 is 5.88. The largest absolute Gasteiger partial charge is 0.457 e. The lowest BCUT2D eigenvalue weighted by atomic mass is 10.0. The van der Waals surface area contributed by atoms with Crippen molar-refractivity contribution >= 4 is 27.5 Å². The summed E-state index contributed by atoms with van der Waals surface area (Å²) < 4.78 is 70.1. The van der Waals surface area contributed by atoms with Crippen LogP contribution in [0.5, 0.6) is 11.5 Å². The number of halogens is 4. The summed E-state index contributed by atoms with van der Waals surface area (Å²) in [5, 5.41) is 2.38. The van der Waals surface area contributed by atoms with Gasteiger partial charge in [0.1, 0.15) is 11.5 Å². The van der Waals surface area contributed by atoms with Crippen molar-refractivity contribution < 1.29 is 31.1 Å². The molecule has 4 rings (SSSR count). The van der Waals surface area contributed by atoms with Crippen molar-refractivity contribution in [3.05, 3.63) is 94.5 Å². The molecule has 2 atom stereocenters. The summed E-state index contributed by atoms with van der Waals surface area (Å²) in [7, 11) is -3.53. The molecule has 0 bridgehead atoms. The summed E-state index contributed by atoms with van der Waals surface area (Å²) in [6, 6.07) is 17.2. The molecule has 1 N–H and O–H groups in total. The van der Waals surface area contributed by atoms with E-state index in [1.165, 1.54) is 17.0 Å². The predicted molar refractivity (Wildman–Crippen MR) is 134 cm³/mol. The molecular formula is C26H24ClF3N2O4S. The molecule has 11 heteroatoms. The quantitative estimate of drug-likeness (QED) is 0.351. The van der Waals surface area contributed by atoms with Crippen molar-refractivity contribution in [1.29, 1.82) is 0 Å². The Morgan fingerprint density at radius 1 is 1.05 bits per heavy atom. The Labute approximate surface area is 217 Å². The van der Waals surface area contributed by atoms with Crippen LogP contribution in [0.1, 0.15) is 34.4 Å². The summed E-state index contributed by atoms with van der Waals surface area (Å²) in [5.74, 6) is 1.09. The number of carbonyl (C=O) groups is 1. The number of carbonyl (C=O) groups excluding carboxylic acids is 1. The average molecular weight is 553 g/mol. The van der Waals surface area contributed by atoms with Crippen LogP contribution < -0.4 is 10.1 Å². The Bertz CT molecular complexity index is 1360. The van der Waals surface area contributed by atoms with Gasteiger partial charge in [0.05, 0.1) is 16.9 Å². The van der Waals surface area contributed by atoms with Crippen LogP contribution in [0, 0.1) is 0 Å². The Morgan fingerprint density at radius 2 is 1.68 bits per heavy atom. The van der Waals surface area contributed by atoms with E-state index < -0.39 is 38.9 Å². The highest BCUT2D eigenvalue weighted by molar-refractivity contribution is 7.90. The Hall–Kier alpha value is -3.24. The van der Waals surface area contributed by atoms with Crippen LogP contribution in [-0.2, 0) is 16.0 Å². The maximum absolute atomic E-state index is 13.1. The van der Waals surface area contributed by atoms with Crippen LogP contribution in [0.25, 0.3) is 0 Å². The fraction of sp³-hybridized carbons (Fsp3) is 0.269. The molecule has 196 valence electrons. The van der Waals surface area contributed by atoms with E-state index in [2.05, 4.69) is 5.32 Å². The fourth-order valence-electron chi connectivity index (χ4n) is 4.19. The summed E-state index contributed by atoms with van der Waals surface area (Å²) in [6.45, 7) is 0.243. The van der Waals surface area contributed by atoms with Gasteiger partial charge in [0.2, 0.25) is 0 Å². The molecule has 0 spiro atoms. The van der Waals surface area contributed by atoms with E-state index in [1.807, 2.05) is 0 Å². The molecule has 3 aromatic carbocycles. The number of rotatable bonds is 8. The number of ether oxygens (including phenoxy) is 1. The third-order valence-corrected chi connectivity index (χ3v) is 7.88. The van der Waals surface area contributed by atoms with Crippen LogP contribution in [0.4, 0.5) is 18.0 Å². The van der Waals surface area contributed by atoms with Gasteiger partial charge in [0.25, 0.3) is 0 Å². The molecule has 0 aliphatic carbocycles. The molecule has 1 aliphatic rings. The standard InChI is InChI=1S/C26H24ClF3N2O4S/c1-37(34,35)24(17-5-9-21(10-6-17)36-22-11-7-20(27)8-12-22)13-14-32-16-23(31-25(32)33)18-3-2-4-19(15-18)26(28,29)30/h2-12,15,23-24H,13-14,16H2,1H3,(H,31,33)/t23?,24-/m0/s1. The van der Waals surface area contributed by atoms with Crippen molar-refractivity contribution in [3.8, 4) is 11.5 Å². The molecule has 1 saturated heterocycles. The molecule has 1 heterocycles. The topological polar surface area (TPSA) is 75.7 Å². The van der Waals surface area contributed by atoms with E-state index in [1.54, 1.807) is 48.5 Å². The van der Waals surface area contributed by atoms with Crippen molar-refractivity contribution in [1.82, 2.24) is 10.2 Å². The molecule has 0 radical (unpaired) electrons. The van der Waals surface area contributed by atoms with E-state index in [0.29, 0.717) is 27.6 Å². The van der Waals surface area contributed by atoms with Gasteiger partial charge in [-0.05, 0) is 66.1 Å². The minimum atomic E-state index is -4.49. The second-order valence-corrected chi connectivity index (χ2v) is 11.5. The number of alkyl halides is 3. The molecule has 37 heavy (non-hydrogen) atoms. The predicted octanol–water partition coefficient (Wildman–Crippen LogP) is 6.39. The van der Waals surface area contributed by atoms with E-state index in [4.69, 9.17) is 16.3 Å². The maximum Gasteiger partial charge on any atom is 0.416 e. The van der Waals surface area contributed by atoms with Gasteiger partial charge in [0.15, 0.2) is 9.84 Å². The minimum absolute atomic E-state index is 0.113. The normalized spacial score (nSPS) is 16.9. The van der Waals surface area contributed by atoms with E-state index >= 15 is 0 Å². The molecule has 2 amide bonds. The molecule has 1 aliphatic heterocycles. The Kier molecular flexibility index (Phi) is 7.70. The molecule has 0 aromatic heterocycles. The van der Waals surface area contributed by atoms with Gasteiger partial charge in [0, 0.05) is 24.4 Å². The number of nitrogens with zero attached hydrogens (tertiary/aromatic N) is 1. The Morgan fingerprint density at radius 3 is 2.27 bits per heavy atom. The first kappa shape index (κ1) is 26.8. The van der Waals surface area contributed by atoms with Gasteiger partial charge in [-0.2, -0.15) is 13.2 Å². The minimum Gasteiger partial charge on any atom is -0.457 e. The zero-order chi connectivity index (χ0) is 26.8. The number of hydrogen-bond donors (Lipinski definition) is 1. The number of urea groups is 1. The van der Waals surface area contributed by atoms with Crippen LogP contribution >= 0.6 is 11.6 Å². The van der Waals surface area contributed by atoms with E-state index in [-0.39, 0.29) is 19.5 Å². The highest BCUT2D eigenvalue weighted by Crippen LogP contribution is 2.33. The van der Waals surface area contributed by atoms with Gasteiger partial charge in [-0.25, -0.2) is 13.2 Å². The SMILES string of the molecule is CS(=O)(=O)[C@@H](CCN1CC(c2cccc(C(F)(F)F)c2)NC1=O)c1ccc(Oc2ccc(Cl)cc2)cc1. The fourth-order valence-corrected chi connectivity index (χ4v) is 5.50. The van der Waals surface area contributed by atoms with Crippen molar-refractivity contribution in [2.75, 3.05) is 19.3 Å². The molecule has 6 nitrogen and oxygen atoms in total. The molecule has 0 saturated carbocycles. The summed E-state index contributed by atoms with van der Waals surface area (Å²) in [5.41, 5.74) is 0.0833. The molecular weight excluding hydrogens is 529 g/mol. The number of sulfone groups is 1. The first-order valence-corrected chi connectivity index (χ1v) is 13.7. The first-order chi connectivity index (χ1) is 17.4. The lowest BCUT2D eigenvalue weighted by molar-refractivity contribution is -0.137. The first-order valence-electron chi connectivity index (χ1n) is 11.3. The highest BCUT2D eigenvalue weighted by Gasteiger charge is 2.34. The third-order valence-electron chi connectivity index (χ3n) is 6.08. The smallest absolute Gasteiger partial charge is 0.416 e. The van der Waals surface area contributed by atoms with Crippen molar-refractivity contribution in [3.63, 3.8) is 0 Å². The highest BCUT2D eigenvalue weighted by atomic mass is 35.5. The van der Waals surface area contributed by atoms with Gasteiger partial charge in [-0.3, -0.25) is 0 Å². The second-order valence-electron chi connectivity index (χ2n) is 8.80. The lowest BCUT2D eigenvalue weighted by Gasteiger charge is -2.20. The van der Waals surface area contributed by atoms with Crippen molar-refractivity contribution in [2.24, 2.45) is 0 Å². The maximum atomic E-state index is 13.1. The number of nitrogens with one attached hydrogen (secondary N) is 1. The van der Waals surface area contributed by atoms with Crippen LogP contribution in [0.3, 0.4) is 0 Å². The monoisotopic (exact) mass is 552 g/mol. The molecule has 1 fully saturated rings. The third kappa shape index (κ3) is 6.75. The van der Waals surface area contributed by atoms with Gasteiger partial charge in [-0.15, -0.1) is 0 Å². The number of hydrogen-bond acceptors (Lipinski definition) is 4. The molecule has 3 aromatic rings. The van der Waals surface area contributed by atoms with Crippen LogP contribution in [-0.4, -0.2) is 38.7 Å². The second kappa shape index (κ2) is 10.6. The number of amides is 2. The van der Waals surface area contributed by atoms with E-state index in [9.17, 15) is 26.4 Å². The Balaban J connectivity index is 1.43. The van der Waals surface area contributed by atoms with Crippen molar-refractivity contribution in [2.45, 2.75) is 23.9 Å². The van der Waals surface area contributed by atoms with Gasteiger partial charge < -0.3 is 15.0 Å². The van der Waals surface area contributed by atoms with Crippen LogP contribution in [0.2, 0.25) is 5.02 Å². The zero-order valence-corrected chi connectivity index (χ0v) is 21.3. The summed E-state index contributed by atoms with van der Waals surface area (Å²) in [4.78, 5) is 13.9. The average Bonchev–Trinajstić information content (AvgIpc) is 3.21. The molecule has 1 unspecified atom stereocenters.